The minimum atomic E-state index is -1.95. The van der Waals surface area contributed by atoms with E-state index in [1.807, 2.05) is 0 Å². The van der Waals surface area contributed by atoms with Crippen molar-refractivity contribution in [2.24, 2.45) is 22.2 Å². The van der Waals surface area contributed by atoms with Crippen molar-refractivity contribution in [3.05, 3.63) is 35.9 Å². The number of nitrogens with one attached hydrogen (secondary N) is 4. The predicted octanol–water partition coefficient (Wildman–Crippen LogP) is -8.24. The molecule has 3 aliphatic heterocycles. The lowest BCUT2D eigenvalue weighted by molar-refractivity contribution is -0.371. The standard InChI is InChI=1S/C42H65N9O20/c1-18(68-41-34(32(60)30(58)25(17-53)70-41)71-40-33(61)31(59)29(57)24(16-52)69-40)28(43)38(65)51-12-6-10-23(51)37(64)49-20(9-5-11-46-42(44)45)35(62)47-15-26(54)48-21(14-27(55)56)36(63)50-22(39(66)67)13-19-7-3-2-4-8-19/h2-4,7-8,18,20-25,28-34,40-41,52-53,57-61H,5-6,9-17,43H2,1H3,(H,47,62)(H,48,54)(H,49,64)(H,50,63)(H,55,56)(H,66,67)(H4,44,45,46)/t18-,20+,21+,22+,23+,24-,25-,28+,29-,30-,31+,32+,33-,34+,40-,41-/m1/s1. The molecule has 4 rings (SSSR count). The van der Waals surface area contributed by atoms with E-state index in [0.29, 0.717) is 12.0 Å². The summed E-state index contributed by atoms with van der Waals surface area (Å²) < 4.78 is 22.6. The molecule has 3 aliphatic rings. The molecule has 3 fully saturated rings. The SMILES string of the molecule is C[C@@H](O[C@@H]1O[C@H](CO)[C@@H](O)[C@H](O)[C@@H]1O[C@H]1O[C@H](CO)[C@@H](O)[C@H](O)[C@H]1O)[C@H](N)C(=O)N1CCC[C@H]1C(=O)N[C@@H](CCCN=C(N)N)C(=O)NCC(=O)N[C@@H](CC(=O)O)C(=O)N[C@@H](Cc1ccccc1)C(=O)O. The van der Waals surface area contributed by atoms with Crippen molar-refractivity contribution in [3.8, 4) is 0 Å². The number of nitrogens with zero attached hydrogens (tertiary/aromatic N) is 2. The van der Waals surface area contributed by atoms with Gasteiger partial charge in [-0.25, -0.2) is 4.79 Å². The number of rotatable bonds is 25. The summed E-state index contributed by atoms with van der Waals surface area (Å²) in [6, 6.07) is 0.784. The highest BCUT2D eigenvalue weighted by atomic mass is 16.8. The summed E-state index contributed by atoms with van der Waals surface area (Å²) in [5.41, 5.74) is 17.7. The predicted molar refractivity (Wildman–Crippen MR) is 238 cm³/mol. The zero-order valence-electron chi connectivity index (χ0n) is 38.5. The Bertz CT molecular complexity index is 2000. The van der Waals surface area contributed by atoms with Gasteiger partial charge in [-0.1, -0.05) is 30.3 Å². The van der Waals surface area contributed by atoms with E-state index in [1.165, 1.54) is 6.92 Å². The molecular weight excluding hydrogens is 951 g/mol. The van der Waals surface area contributed by atoms with Crippen LogP contribution in [0.3, 0.4) is 0 Å². The fourth-order valence-corrected chi connectivity index (χ4v) is 7.92. The molecule has 5 amide bonds. The molecule has 19 N–H and O–H groups in total. The van der Waals surface area contributed by atoms with Crippen molar-refractivity contribution in [1.29, 1.82) is 0 Å². The van der Waals surface area contributed by atoms with Crippen molar-refractivity contribution in [3.63, 3.8) is 0 Å². The molecule has 29 heteroatoms. The van der Waals surface area contributed by atoms with E-state index in [-0.39, 0.29) is 44.7 Å². The molecule has 0 unspecified atom stereocenters. The molecule has 16 atom stereocenters. The number of ether oxygens (including phenoxy) is 4. The number of hydrogen-bond donors (Lipinski definition) is 16. The van der Waals surface area contributed by atoms with Crippen molar-refractivity contribution in [2.45, 2.75) is 143 Å². The number of hydrogen-bond acceptors (Lipinski definition) is 20. The van der Waals surface area contributed by atoms with Crippen molar-refractivity contribution < 1.29 is 98.5 Å². The Morgan fingerprint density at radius 1 is 0.817 bits per heavy atom. The van der Waals surface area contributed by atoms with Crippen LogP contribution >= 0.6 is 0 Å². The molecule has 0 radical (unpaired) electrons. The number of carbonyl (C=O) groups is 7. The first kappa shape index (κ1) is 57.9. The summed E-state index contributed by atoms with van der Waals surface area (Å²) in [6.07, 6.45) is -19.7. The molecule has 0 aliphatic carbocycles. The molecule has 1 aromatic rings. The van der Waals surface area contributed by atoms with E-state index in [2.05, 4.69) is 26.3 Å². The van der Waals surface area contributed by atoms with E-state index in [9.17, 15) is 79.5 Å². The van der Waals surface area contributed by atoms with Crippen LogP contribution in [-0.2, 0) is 58.9 Å². The number of aliphatic imine (C=N–C) groups is 1. The maximum Gasteiger partial charge on any atom is 0.326 e. The fourth-order valence-electron chi connectivity index (χ4n) is 7.92. The van der Waals surface area contributed by atoms with Crippen LogP contribution in [0, 0.1) is 0 Å². The molecule has 0 spiro atoms. The van der Waals surface area contributed by atoms with Gasteiger partial charge in [-0.05, 0) is 38.2 Å². The number of carbonyl (C=O) groups excluding carboxylic acids is 5. The second-order valence-electron chi connectivity index (χ2n) is 17.1. The summed E-state index contributed by atoms with van der Waals surface area (Å²) in [6.45, 7) is -1.18. The number of aliphatic hydroxyl groups is 7. The molecule has 0 saturated carbocycles. The van der Waals surface area contributed by atoms with Crippen LogP contribution in [0.4, 0.5) is 0 Å². The van der Waals surface area contributed by atoms with E-state index < -0.39 is 165 Å². The Kier molecular flexibility index (Phi) is 22.2. The van der Waals surface area contributed by atoms with Gasteiger partial charge in [0, 0.05) is 19.5 Å². The average molecular weight is 1020 g/mol. The first-order valence-electron chi connectivity index (χ1n) is 22.6. The molecule has 3 saturated heterocycles. The Hall–Kier alpha value is -5.70. The van der Waals surface area contributed by atoms with Gasteiger partial charge in [0.05, 0.1) is 32.3 Å². The zero-order chi connectivity index (χ0) is 52.7. The molecule has 1 aromatic carbocycles. The van der Waals surface area contributed by atoms with Crippen LogP contribution in [0.25, 0.3) is 0 Å². The van der Waals surface area contributed by atoms with Crippen LogP contribution < -0.4 is 38.5 Å². The van der Waals surface area contributed by atoms with Gasteiger partial charge in [0.2, 0.25) is 29.5 Å². The number of carboxylic acids is 2. The summed E-state index contributed by atoms with van der Waals surface area (Å²) >= 11 is 0. The highest BCUT2D eigenvalue weighted by molar-refractivity contribution is 5.96. The number of amides is 5. The lowest BCUT2D eigenvalue weighted by Gasteiger charge is -2.46. The number of benzene rings is 1. The van der Waals surface area contributed by atoms with Gasteiger partial charge in [0.15, 0.2) is 18.5 Å². The van der Waals surface area contributed by atoms with Gasteiger partial charge in [0.1, 0.15) is 79.0 Å². The van der Waals surface area contributed by atoms with Gasteiger partial charge >= 0.3 is 11.9 Å². The molecule has 71 heavy (non-hydrogen) atoms. The summed E-state index contributed by atoms with van der Waals surface area (Å²) in [7, 11) is 0. The molecule has 3 heterocycles. The topological polar surface area (TPSA) is 480 Å². The Morgan fingerprint density at radius 2 is 1.45 bits per heavy atom. The van der Waals surface area contributed by atoms with Crippen LogP contribution in [0.2, 0.25) is 0 Å². The van der Waals surface area contributed by atoms with Gasteiger partial charge in [0.25, 0.3) is 0 Å². The van der Waals surface area contributed by atoms with Crippen LogP contribution in [0.5, 0.6) is 0 Å². The van der Waals surface area contributed by atoms with Gasteiger partial charge in [-0.15, -0.1) is 0 Å². The van der Waals surface area contributed by atoms with E-state index in [1.54, 1.807) is 30.3 Å². The number of nitrogens with two attached hydrogens (primary N) is 3. The van der Waals surface area contributed by atoms with Gasteiger partial charge in [-0.2, -0.15) is 0 Å². The van der Waals surface area contributed by atoms with Gasteiger partial charge in [-0.3, -0.25) is 33.8 Å². The number of likely N-dealkylation sites (tertiary alicyclic amines) is 1. The molecule has 29 nitrogen and oxygen atoms in total. The second-order valence-corrected chi connectivity index (χ2v) is 17.1. The lowest BCUT2D eigenvalue weighted by Crippen LogP contribution is -2.65. The summed E-state index contributed by atoms with van der Waals surface area (Å²) in [5, 5.41) is 101. The smallest absolute Gasteiger partial charge is 0.326 e. The first-order valence-corrected chi connectivity index (χ1v) is 22.6. The van der Waals surface area contributed by atoms with Crippen molar-refractivity contribution >= 4 is 47.4 Å². The first-order chi connectivity index (χ1) is 33.6. The number of aliphatic hydroxyl groups excluding tert-OH is 7. The Morgan fingerprint density at radius 3 is 2.06 bits per heavy atom. The van der Waals surface area contributed by atoms with Crippen molar-refractivity contribution in [2.75, 3.05) is 32.8 Å². The number of guanidine groups is 1. The summed E-state index contributed by atoms with van der Waals surface area (Å²) in [5.74, 6) is -7.97. The normalized spacial score (nSPS) is 28.5. The Balaban J connectivity index is 1.42. The van der Waals surface area contributed by atoms with Gasteiger partial charge < -0.3 is 108 Å². The maximum atomic E-state index is 14.0. The van der Waals surface area contributed by atoms with E-state index in [0.717, 1.165) is 4.90 Å². The molecular formula is C42H65N9O20. The van der Waals surface area contributed by atoms with E-state index in [4.69, 9.17) is 36.1 Å². The third kappa shape index (κ3) is 16.2. The van der Waals surface area contributed by atoms with Crippen LogP contribution in [0.1, 0.15) is 44.6 Å². The minimum absolute atomic E-state index is 0.00366. The summed E-state index contributed by atoms with van der Waals surface area (Å²) in [4.78, 5) is 96.1. The highest BCUT2D eigenvalue weighted by Crippen LogP contribution is 2.31. The maximum absolute atomic E-state index is 14.0. The minimum Gasteiger partial charge on any atom is -0.481 e. The quantitative estimate of drug-likeness (QED) is 0.0246. The molecule has 398 valence electrons. The average Bonchev–Trinajstić information content (AvgIpc) is 3.83. The van der Waals surface area contributed by atoms with Crippen molar-refractivity contribution in [1.82, 2.24) is 26.2 Å². The number of aliphatic carboxylic acids is 2. The second kappa shape index (κ2) is 27.2. The highest BCUT2D eigenvalue weighted by Gasteiger charge is 2.52. The van der Waals surface area contributed by atoms with E-state index >= 15 is 0 Å². The third-order valence-corrected chi connectivity index (χ3v) is 11.9. The molecule has 0 aromatic heterocycles. The fraction of sp³-hybridized carbons (Fsp3) is 0.667. The number of carboxylic acid groups (broad SMARTS) is 2. The largest absolute Gasteiger partial charge is 0.481 e. The zero-order valence-corrected chi connectivity index (χ0v) is 38.5. The van der Waals surface area contributed by atoms with Crippen LogP contribution in [0.15, 0.2) is 35.3 Å². The Labute approximate surface area is 405 Å². The molecule has 0 bridgehead atoms. The monoisotopic (exact) mass is 1020 g/mol. The van der Waals surface area contributed by atoms with Crippen LogP contribution in [-0.4, -0.2) is 229 Å². The lowest BCUT2D eigenvalue weighted by atomic mass is 9.97. The third-order valence-electron chi connectivity index (χ3n) is 11.9.